The molecule has 1 rings (SSSR count). The first-order chi connectivity index (χ1) is 8.61. The van der Waals surface area contributed by atoms with E-state index in [1.165, 1.54) is 18.2 Å². The molecule has 0 aliphatic rings. The predicted octanol–water partition coefficient (Wildman–Crippen LogP) is 1.28. The zero-order valence-corrected chi connectivity index (χ0v) is 10.7. The van der Waals surface area contributed by atoms with Crippen LogP contribution in [0.3, 0.4) is 0 Å². The van der Waals surface area contributed by atoms with Crippen LogP contribution in [0.4, 0.5) is 4.79 Å². The summed E-state index contributed by atoms with van der Waals surface area (Å²) < 4.78 is 0. The number of hydrazine groups is 1. The van der Waals surface area contributed by atoms with Crippen molar-refractivity contribution in [3.63, 3.8) is 0 Å². The average Bonchev–Trinajstić information content (AvgIpc) is 2.38. The molecule has 98 valence electrons. The van der Waals surface area contributed by atoms with E-state index in [2.05, 4.69) is 40.4 Å². The lowest BCUT2D eigenvalue weighted by Gasteiger charge is -2.06. The first kappa shape index (κ1) is 14.0. The number of benzene rings is 1. The number of hydrogen-bond acceptors (Lipinski definition) is 2. The van der Waals surface area contributed by atoms with Crippen molar-refractivity contribution in [2.45, 2.75) is 26.2 Å². The minimum Gasteiger partial charge on any atom is -0.340 e. The summed E-state index contributed by atoms with van der Waals surface area (Å²) in [7, 11) is 1.49. The Labute approximate surface area is 107 Å². The highest BCUT2D eigenvalue weighted by atomic mass is 16.2. The summed E-state index contributed by atoms with van der Waals surface area (Å²) in [5.41, 5.74) is 7.01. The molecule has 0 bridgehead atoms. The first-order valence-electron chi connectivity index (χ1n) is 5.94. The minimum atomic E-state index is -0.429. The van der Waals surface area contributed by atoms with Gasteiger partial charge in [0, 0.05) is 13.5 Å². The van der Waals surface area contributed by atoms with Crippen LogP contribution in [0.15, 0.2) is 24.3 Å². The number of hydrogen-bond donors (Lipinski definition) is 3. The molecule has 0 radical (unpaired) electrons. The molecule has 0 aromatic heterocycles. The van der Waals surface area contributed by atoms with Gasteiger partial charge in [0.25, 0.3) is 0 Å². The van der Waals surface area contributed by atoms with Crippen molar-refractivity contribution in [3.05, 3.63) is 35.4 Å². The number of amides is 3. The molecule has 0 fully saturated rings. The van der Waals surface area contributed by atoms with Gasteiger partial charge >= 0.3 is 6.03 Å². The lowest BCUT2D eigenvalue weighted by Crippen LogP contribution is -2.45. The molecule has 5 nitrogen and oxygen atoms in total. The van der Waals surface area contributed by atoms with E-state index in [0.717, 1.165) is 12.8 Å². The van der Waals surface area contributed by atoms with E-state index in [1.807, 2.05) is 6.92 Å². The van der Waals surface area contributed by atoms with Crippen LogP contribution in [0.1, 0.15) is 24.0 Å². The fourth-order valence-electron chi connectivity index (χ4n) is 1.46. The van der Waals surface area contributed by atoms with Crippen LogP contribution in [-0.2, 0) is 11.2 Å². The van der Waals surface area contributed by atoms with Gasteiger partial charge < -0.3 is 5.32 Å². The molecular formula is C13H19N3O2. The van der Waals surface area contributed by atoms with E-state index >= 15 is 0 Å². The Hall–Kier alpha value is -2.04. The Morgan fingerprint density at radius 2 is 1.78 bits per heavy atom. The molecule has 0 saturated heterocycles. The number of carbonyl (C=O) groups is 2. The van der Waals surface area contributed by atoms with Crippen molar-refractivity contribution >= 4 is 11.9 Å². The topological polar surface area (TPSA) is 70.2 Å². The van der Waals surface area contributed by atoms with Crippen LogP contribution in [0.25, 0.3) is 0 Å². The van der Waals surface area contributed by atoms with Crippen LogP contribution in [0.5, 0.6) is 0 Å². The third kappa shape index (κ3) is 5.34. The Balaban J connectivity index is 2.19. The highest BCUT2D eigenvalue weighted by molar-refractivity contribution is 5.80. The molecule has 1 aromatic carbocycles. The number of urea groups is 1. The van der Waals surface area contributed by atoms with Gasteiger partial charge in [-0.2, -0.15) is 0 Å². The lowest BCUT2D eigenvalue weighted by molar-refractivity contribution is -0.121. The summed E-state index contributed by atoms with van der Waals surface area (Å²) in [6.45, 7) is 2.04. The molecular weight excluding hydrogens is 230 g/mol. The molecule has 1 aromatic rings. The average molecular weight is 249 g/mol. The first-order valence-corrected chi connectivity index (χ1v) is 5.94. The van der Waals surface area contributed by atoms with Gasteiger partial charge in [0.2, 0.25) is 5.91 Å². The number of nitrogens with one attached hydrogen (secondary N) is 3. The summed E-state index contributed by atoms with van der Waals surface area (Å²) in [4.78, 5) is 22.2. The molecule has 0 aliphatic heterocycles. The smallest absolute Gasteiger partial charge is 0.333 e. The molecule has 0 unspecified atom stereocenters. The van der Waals surface area contributed by atoms with Gasteiger partial charge in [-0.1, -0.05) is 29.8 Å². The van der Waals surface area contributed by atoms with Gasteiger partial charge in [0.05, 0.1) is 0 Å². The maximum Gasteiger partial charge on any atom is 0.333 e. The summed E-state index contributed by atoms with van der Waals surface area (Å²) in [5, 5.41) is 2.34. The van der Waals surface area contributed by atoms with Crippen LogP contribution in [0, 0.1) is 6.92 Å². The monoisotopic (exact) mass is 249 g/mol. The maximum atomic E-state index is 11.4. The van der Waals surface area contributed by atoms with Gasteiger partial charge in [0.1, 0.15) is 0 Å². The normalized spacial score (nSPS) is 9.67. The standard InChI is InChI=1S/C13H19N3O2/c1-10-6-8-11(9-7-10)4-3-5-12(17)15-16-13(18)14-2/h6-9H,3-5H2,1-2H3,(H,15,17)(H2,14,16,18). The Morgan fingerprint density at radius 3 is 2.39 bits per heavy atom. The van der Waals surface area contributed by atoms with E-state index in [4.69, 9.17) is 0 Å². The molecule has 5 heteroatoms. The summed E-state index contributed by atoms with van der Waals surface area (Å²) >= 11 is 0. The number of rotatable bonds is 4. The maximum absolute atomic E-state index is 11.4. The largest absolute Gasteiger partial charge is 0.340 e. The van der Waals surface area contributed by atoms with Crippen molar-refractivity contribution in [1.82, 2.24) is 16.2 Å². The van der Waals surface area contributed by atoms with Crippen molar-refractivity contribution < 1.29 is 9.59 Å². The SMILES string of the molecule is CNC(=O)NNC(=O)CCCc1ccc(C)cc1. The number of carbonyl (C=O) groups excluding carboxylic acids is 2. The zero-order chi connectivity index (χ0) is 13.4. The van der Waals surface area contributed by atoms with E-state index in [-0.39, 0.29) is 5.91 Å². The molecule has 0 heterocycles. The molecule has 3 amide bonds. The van der Waals surface area contributed by atoms with Gasteiger partial charge in [-0.15, -0.1) is 0 Å². The Kier molecular flexibility index (Phi) is 5.70. The Bertz CT molecular complexity index is 401. The molecule has 0 saturated carbocycles. The summed E-state index contributed by atoms with van der Waals surface area (Å²) in [6.07, 6.45) is 2.00. The molecule has 3 N–H and O–H groups in total. The van der Waals surface area contributed by atoms with E-state index in [1.54, 1.807) is 0 Å². The van der Waals surface area contributed by atoms with Crippen LogP contribution < -0.4 is 16.2 Å². The van der Waals surface area contributed by atoms with Crippen molar-refractivity contribution in [1.29, 1.82) is 0 Å². The zero-order valence-electron chi connectivity index (χ0n) is 10.7. The molecule has 0 spiro atoms. The van der Waals surface area contributed by atoms with Gasteiger partial charge in [-0.25, -0.2) is 10.2 Å². The van der Waals surface area contributed by atoms with Gasteiger partial charge in [-0.05, 0) is 25.3 Å². The molecule has 0 atom stereocenters. The van der Waals surface area contributed by atoms with E-state index in [9.17, 15) is 9.59 Å². The van der Waals surface area contributed by atoms with Crippen LogP contribution >= 0.6 is 0 Å². The fraction of sp³-hybridized carbons (Fsp3) is 0.385. The molecule has 0 aliphatic carbocycles. The van der Waals surface area contributed by atoms with Crippen LogP contribution in [0.2, 0.25) is 0 Å². The Morgan fingerprint density at radius 1 is 1.11 bits per heavy atom. The minimum absolute atomic E-state index is 0.189. The van der Waals surface area contributed by atoms with Crippen LogP contribution in [-0.4, -0.2) is 19.0 Å². The summed E-state index contributed by atoms with van der Waals surface area (Å²) in [6, 6.07) is 7.82. The third-order valence-electron chi connectivity index (χ3n) is 2.53. The highest BCUT2D eigenvalue weighted by Crippen LogP contribution is 2.06. The van der Waals surface area contributed by atoms with Crippen molar-refractivity contribution in [2.24, 2.45) is 0 Å². The summed E-state index contributed by atoms with van der Waals surface area (Å²) in [5.74, 6) is -0.189. The number of aryl methyl sites for hydroxylation is 2. The highest BCUT2D eigenvalue weighted by Gasteiger charge is 2.02. The van der Waals surface area contributed by atoms with Crippen molar-refractivity contribution in [2.75, 3.05) is 7.05 Å². The second-order valence-electron chi connectivity index (χ2n) is 4.09. The predicted molar refractivity (Wildman–Crippen MR) is 69.9 cm³/mol. The quantitative estimate of drug-likeness (QED) is 0.703. The second-order valence-corrected chi connectivity index (χ2v) is 4.09. The fourth-order valence-corrected chi connectivity index (χ4v) is 1.46. The van der Waals surface area contributed by atoms with Gasteiger partial charge in [-0.3, -0.25) is 10.2 Å². The van der Waals surface area contributed by atoms with Crippen molar-refractivity contribution in [3.8, 4) is 0 Å². The van der Waals surface area contributed by atoms with E-state index < -0.39 is 6.03 Å². The lowest BCUT2D eigenvalue weighted by atomic mass is 10.1. The van der Waals surface area contributed by atoms with Gasteiger partial charge in [0.15, 0.2) is 0 Å². The third-order valence-corrected chi connectivity index (χ3v) is 2.53. The van der Waals surface area contributed by atoms with E-state index in [0.29, 0.717) is 6.42 Å². The molecule has 18 heavy (non-hydrogen) atoms. The second kappa shape index (κ2) is 7.32.